The van der Waals surface area contributed by atoms with E-state index in [0.29, 0.717) is 5.02 Å². The number of amides is 1. The Bertz CT molecular complexity index is 463. The van der Waals surface area contributed by atoms with E-state index in [1.807, 2.05) is 24.3 Å². The fraction of sp³-hybridized carbons (Fsp3) is 0.385. The third-order valence-electron chi connectivity index (χ3n) is 2.66. The number of carbonyl (C=O) groups is 1. The van der Waals surface area contributed by atoms with Gasteiger partial charge in [-0.25, -0.2) is 0 Å². The molecule has 0 saturated carbocycles. The fourth-order valence-corrected chi connectivity index (χ4v) is 1.87. The first kappa shape index (κ1) is 13.5. The molecule has 0 heterocycles. The number of halogens is 1. The third kappa shape index (κ3) is 2.98. The lowest BCUT2D eigenvalue weighted by molar-refractivity contribution is -0.125. The lowest BCUT2D eigenvalue weighted by atomic mass is 9.83. The number of carbonyl (C=O) groups excluding carboxylic acids is 1. The Labute approximate surface area is 106 Å². The molecule has 0 saturated heterocycles. The predicted octanol–water partition coefficient (Wildman–Crippen LogP) is 2.65. The quantitative estimate of drug-likeness (QED) is 0.897. The van der Waals surface area contributed by atoms with E-state index in [2.05, 4.69) is 5.32 Å². The van der Waals surface area contributed by atoms with Crippen molar-refractivity contribution in [3.8, 4) is 6.07 Å². The average Bonchev–Trinajstić information content (AvgIpc) is 2.29. The SMILES string of the molecule is CC(C#N)NC(=O)C(C)(C)c1ccccc1Cl. The molecule has 1 N–H and O–H groups in total. The van der Waals surface area contributed by atoms with Gasteiger partial charge in [0, 0.05) is 5.02 Å². The van der Waals surface area contributed by atoms with E-state index in [-0.39, 0.29) is 5.91 Å². The van der Waals surface area contributed by atoms with Gasteiger partial charge in [0.1, 0.15) is 6.04 Å². The molecule has 0 aromatic heterocycles. The van der Waals surface area contributed by atoms with Crippen LogP contribution in [0.4, 0.5) is 0 Å². The Hall–Kier alpha value is -1.53. The Kier molecular flexibility index (Phi) is 4.14. The van der Waals surface area contributed by atoms with E-state index in [1.54, 1.807) is 26.8 Å². The minimum Gasteiger partial charge on any atom is -0.340 e. The molecular weight excluding hydrogens is 236 g/mol. The van der Waals surface area contributed by atoms with Crippen molar-refractivity contribution in [2.45, 2.75) is 32.2 Å². The minimum absolute atomic E-state index is 0.209. The normalized spacial score (nSPS) is 12.6. The summed E-state index contributed by atoms with van der Waals surface area (Å²) in [5.74, 6) is -0.209. The smallest absolute Gasteiger partial charge is 0.231 e. The Balaban J connectivity index is 3.00. The van der Waals surface area contributed by atoms with Gasteiger partial charge in [0.05, 0.1) is 11.5 Å². The molecule has 1 aromatic rings. The van der Waals surface area contributed by atoms with Gasteiger partial charge in [-0.1, -0.05) is 29.8 Å². The molecule has 0 aliphatic rings. The second kappa shape index (κ2) is 5.20. The number of rotatable bonds is 3. The molecule has 0 aliphatic carbocycles. The van der Waals surface area contributed by atoms with Crippen LogP contribution in [-0.4, -0.2) is 11.9 Å². The van der Waals surface area contributed by atoms with Gasteiger partial charge in [-0.15, -0.1) is 0 Å². The fourth-order valence-electron chi connectivity index (χ4n) is 1.50. The first-order valence-electron chi connectivity index (χ1n) is 5.35. The monoisotopic (exact) mass is 250 g/mol. The van der Waals surface area contributed by atoms with Gasteiger partial charge in [0.2, 0.25) is 5.91 Å². The standard InChI is InChI=1S/C13H15ClN2O/c1-9(8-15)16-12(17)13(2,3)10-6-4-5-7-11(10)14/h4-7,9H,1-3H3,(H,16,17). The molecule has 0 bridgehead atoms. The van der Waals surface area contributed by atoms with Crippen molar-refractivity contribution in [1.29, 1.82) is 5.26 Å². The van der Waals surface area contributed by atoms with Crippen LogP contribution in [0.25, 0.3) is 0 Å². The number of hydrogen-bond acceptors (Lipinski definition) is 2. The molecule has 4 heteroatoms. The summed E-state index contributed by atoms with van der Waals surface area (Å²) in [4.78, 5) is 12.1. The topological polar surface area (TPSA) is 52.9 Å². The van der Waals surface area contributed by atoms with Gasteiger partial charge >= 0.3 is 0 Å². The zero-order chi connectivity index (χ0) is 13.1. The number of hydrogen-bond donors (Lipinski definition) is 1. The van der Waals surface area contributed by atoms with Gasteiger partial charge in [-0.3, -0.25) is 4.79 Å². The van der Waals surface area contributed by atoms with Crippen molar-refractivity contribution in [1.82, 2.24) is 5.32 Å². The molecule has 90 valence electrons. The van der Waals surface area contributed by atoms with Crippen LogP contribution in [0.5, 0.6) is 0 Å². The lowest BCUT2D eigenvalue weighted by Crippen LogP contribution is -2.43. The van der Waals surface area contributed by atoms with E-state index < -0.39 is 11.5 Å². The van der Waals surface area contributed by atoms with Crippen molar-refractivity contribution in [2.24, 2.45) is 0 Å². The molecule has 0 aliphatic heterocycles. The highest BCUT2D eigenvalue weighted by molar-refractivity contribution is 6.31. The summed E-state index contributed by atoms with van der Waals surface area (Å²) in [6.07, 6.45) is 0. The van der Waals surface area contributed by atoms with Crippen molar-refractivity contribution < 1.29 is 4.79 Å². The van der Waals surface area contributed by atoms with Crippen LogP contribution >= 0.6 is 11.6 Å². The molecule has 1 aromatic carbocycles. The number of nitriles is 1. The molecule has 1 atom stereocenters. The van der Waals surface area contributed by atoms with Crippen molar-refractivity contribution >= 4 is 17.5 Å². The van der Waals surface area contributed by atoms with Gasteiger partial charge in [0.15, 0.2) is 0 Å². The Morgan fingerprint density at radius 2 is 2.06 bits per heavy atom. The molecule has 3 nitrogen and oxygen atoms in total. The average molecular weight is 251 g/mol. The van der Waals surface area contributed by atoms with Crippen LogP contribution in [0.15, 0.2) is 24.3 Å². The van der Waals surface area contributed by atoms with E-state index in [9.17, 15) is 4.79 Å². The zero-order valence-electron chi connectivity index (χ0n) is 10.1. The second-order valence-electron chi connectivity index (χ2n) is 4.43. The van der Waals surface area contributed by atoms with E-state index in [1.165, 1.54) is 0 Å². The van der Waals surface area contributed by atoms with Gasteiger partial charge in [-0.2, -0.15) is 5.26 Å². The van der Waals surface area contributed by atoms with Crippen molar-refractivity contribution in [3.63, 3.8) is 0 Å². The van der Waals surface area contributed by atoms with Gasteiger partial charge in [-0.05, 0) is 32.4 Å². The first-order chi connectivity index (χ1) is 7.89. The highest BCUT2D eigenvalue weighted by Gasteiger charge is 2.32. The molecular formula is C13H15ClN2O. The molecule has 17 heavy (non-hydrogen) atoms. The Morgan fingerprint density at radius 1 is 1.47 bits per heavy atom. The molecule has 1 unspecified atom stereocenters. The van der Waals surface area contributed by atoms with Crippen molar-refractivity contribution in [3.05, 3.63) is 34.9 Å². The second-order valence-corrected chi connectivity index (χ2v) is 4.84. The lowest BCUT2D eigenvalue weighted by Gasteiger charge is -2.25. The summed E-state index contributed by atoms with van der Waals surface area (Å²) in [5.41, 5.74) is -0.00648. The molecule has 1 rings (SSSR count). The maximum atomic E-state index is 12.1. The summed E-state index contributed by atoms with van der Waals surface area (Å²) in [6.45, 7) is 5.21. The van der Waals surface area contributed by atoms with E-state index >= 15 is 0 Å². The molecule has 0 spiro atoms. The summed E-state index contributed by atoms with van der Waals surface area (Å²) in [6, 6.07) is 8.68. The maximum absolute atomic E-state index is 12.1. The third-order valence-corrected chi connectivity index (χ3v) is 2.99. The van der Waals surface area contributed by atoms with Crippen LogP contribution in [0.2, 0.25) is 5.02 Å². The van der Waals surface area contributed by atoms with Crippen LogP contribution in [0.1, 0.15) is 26.3 Å². The summed E-state index contributed by atoms with van der Waals surface area (Å²) >= 11 is 6.08. The highest BCUT2D eigenvalue weighted by atomic mass is 35.5. The summed E-state index contributed by atoms with van der Waals surface area (Å²) in [5, 5.41) is 11.9. The summed E-state index contributed by atoms with van der Waals surface area (Å²) < 4.78 is 0. The number of nitrogens with zero attached hydrogens (tertiary/aromatic N) is 1. The zero-order valence-corrected chi connectivity index (χ0v) is 10.9. The van der Waals surface area contributed by atoms with Crippen LogP contribution < -0.4 is 5.32 Å². The van der Waals surface area contributed by atoms with Crippen molar-refractivity contribution in [2.75, 3.05) is 0 Å². The molecule has 0 radical (unpaired) electrons. The first-order valence-corrected chi connectivity index (χ1v) is 5.73. The number of benzene rings is 1. The predicted molar refractivity (Wildman–Crippen MR) is 67.7 cm³/mol. The molecule has 1 amide bonds. The number of nitrogens with one attached hydrogen (secondary N) is 1. The molecule has 0 fully saturated rings. The van der Waals surface area contributed by atoms with Gasteiger partial charge < -0.3 is 5.32 Å². The summed E-state index contributed by atoms with van der Waals surface area (Å²) in [7, 11) is 0. The van der Waals surface area contributed by atoms with Crippen LogP contribution in [-0.2, 0) is 10.2 Å². The van der Waals surface area contributed by atoms with Crippen LogP contribution in [0, 0.1) is 11.3 Å². The minimum atomic E-state index is -0.760. The van der Waals surface area contributed by atoms with Crippen LogP contribution in [0.3, 0.4) is 0 Å². The maximum Gasteiger partial charge on any atom is 0.231 e. The largest absolute Gasteiger partial charge is 0.340 e. The van der Waals surface area contributed by atoms with E-state index in [4.69, 9.17) is 16.9 Å². The highest BCUT2D eigenvalue weighted by Crippen LogP contribution is 2.29. The van der Waals surface area contributed by atoms with E-state index in [0.717, 1.165) is 5.56 Å². The van der Waals surface area contributed by atoms with Gasteiger partial charge in [0.25, 0.3) is 0 Å². The Morgan fingerprint density at radius 3 is 2.59 bits per heavy atom.